The molecule has 89 valence electrons. The van der Waals surface area contributed by atoms with Crippen molar-refractivity contribution in [3.05, 3.63) is 58.6 Å². The van der Waals surface area contributed by atoms with Crippen LogP contribution in [0.1, 0.15) is 0 Å². The Balaban J connectivity index is 0.000000284. The van der Waals surface area contributed by atoms with Gasteiger partial charge in [-0.05, 0) is 24.3 Å². The van der Waals surface area contributed by atoms with E-state index >= 15 is 0 Å². The Morgan fingerprint density at radius 1 is 0.588 bits per heavy atom. The van der Waals surface area contributed by atoms with Gasteiger partial charge in [0.05, 0.1) is 0 Å². The van der Waals surface area contributed by atoms with E-state index in [0.29, 0.717) is 0 Å². The first-order valence-corrected chi connectivity index (χ1v) is 6.00. The maximum absolute atomic E-state index is 5.57. The van der Waals surface area contributed by atoms with Crippen LogP contribution in [0.2, 0.25) is 10.0 Å². The molecule has 0 aliphatic carbocycles. The van der Waals surface area contributed by atoms with Gasteiger partial charge in [0.25, 0.3) is 0 Å². The van der Waals surface area contributed by atoms with Crippen LogP contribution in [0.5, 0.6) is 0 Å². The maximum atomic E-state index is 5.57. The van der Waals surface area contributed by atoms with Crippen LogP contribution in [0.15, 0.2) is 58.3 Å². The molecule has 0 fully saturated rings. The van der Waals surface area contributed by atoms with E-state index < -0.39 is 0 Å². The average Bonchev–Trinajstić information content (AvgIpc) is 2.28. The van der Waals surface area contributed by atoms with Crippen molar-refractivity contribution in [3.8, 4) is 0 Å². The Hall–Kier alpha value is -0.0205. The van der Waals surface area contributed by atoms with Gasteiger partial charge in [-0.2, -0.15) is 9.79 Å². The minimum Gasteiger partial charge on any atom is -0.780 e. The van der Waals surface area contributed by atoms with Gasteiger partial charge in [-0.25, -0.2) is 0 Å². The van der Waals surface area contributed by atoms with Crippen LogP contribution >= 0.6 is 23.2 Å². The second kappa shape index (κ2) is 8.98. The first-order valence-electron chi connectivity index (χ1n) is 4.43. The number of rotatable bonds is 0. The molecule has 0 aliphatic heterocycles. The van der Waals surface area contributed by atoms with Gasteiger partial charge >= 0.3 is 17.1 Å². The molecule has 0 spiro atoms. The van der Waals surface area contributed by atoms with Gasteiger partial charge in [0.1, 0.15) is 0 Å². The summed E-state index contributed by atoms with van der Waals surface area (Å²) in [6, 6.07) is 14.3. The molecule has 17 heavy (non-hydrogen) atoms. The molecule has 5 heteroatoms. The molecule has 0 amide bonds. The zero-order valence-corrected chi connectivity index (χ0v) is 12.9. The molecule has 2 aromatic carbocycles. The number of hydrogen-bond acceptors (Lipinski definition) is 2. The smallest absolute Gasteiger partial charge is 0.780 e. The summed E-state index contributed by atoms with van der Waals surface area (Å²) in [4.78, 5) is 1.66. The third-order valence-electron chi connectivity index (χ3n) is 1.63. The second-order valence-corrected chi connectivity index (χ2v) is 4.72. The molecular formula is C12H8Cl2MnS2. The molecule has 2 aromatic rings. The van der Waals surface area contributed by atoms with E-state index in [2.05, 4.69) is 0 Å². The minimum atomic E-state index is 0. The van der Waals surface area contributed by atoms with Gasteiger partial charge in [0, 0.05) is 10.0 Å². The summed E-state index contributed by atoms with van der Waals surface area (Å²) in [6.45, 7) is 0. The number of halogens is 2. The molecule has 1 radical (unpaired) electrons. The standard InChI is InChI=1S/2C6H5ClS.Mn/c2*7-5-1-3-6(8)4-2-5;/h2*1-4,8H;/q;;+2/p-2. The third-order valence-corrected chi connectivity index (χ3v) is 2.68. The average molecular weight is 342 g/mol. The summed E-state index contributed by atoms with van der Waals surface area (Å²) in [5.41, 5.74) is 0. The van der Waals surface area contributed by atoms with Gasteiger partial charge in [-0.3, -0.25) is 0 Å². The molecule has 0 atom stereocenters. The Kier molecular flexibility index (Phi) is 8.97. The van der Waals surface area contributed by atoms with Gasteiger partial charge in [-0.15, -0.1) is 0 Å². The molecule has 0 nitrogen and oxygen atoms in total. The first kappa shape index (κ1) is 17.0. The van der Waals surface area contributed by atoms with Crippen molar-refractivity contribution in [2.45, 2.75) is 9.79 Å². The second-order valence-electron chi connectivity index (χ2n) is 2.91. The molecule has 0 aromatic heterocycles. The fourth-order valence-electron chi connectivity index (χ4n) is 0.869. The van der Waals surface area contributed by atoms with Crippen molar-refractivity contribution in [1.29, 1.82) is 0 Å². The third kappa shape index (κ3) is 7.82. The fourth-order valence-corrected chi connectivity index (χ4v) is 1.39. The van der Waals surface area contributed by atoms with Crippen LogP contribution in [0.4, 0.5) is 0 Å². The van der Waals surface area contributed by atoms with Crippen molar-refractivity contribution in [2.24, 2.45) is 0 Å². The molecule has 0 unspecified atom stereocenters. The summed E-state index contributed by atoms with van der Waals surface area (Å²) < 4.78 is 0. The van der Waals surface area contributed by atoms with Gasteiger partial charge in [-0.1, -0.05) is 47.5 Å². The summed E-state index contributed by atoms with van der Waals surface area (Å²) >= 11 is 20.8. The molecule has 0 bridgehead atoms. The van der Waals surface area contributed by atoms with Crippen molar-refractivity contribution < 1.29 is 17.1 Å². The van der Waals surface area contributed by atoms with E-state index in [9.17, 15) is 0 Å². The molecule has 2 rings (SSSR count). The van der Waals surface area contributed by atoms with Crippen LogP contribution in [0.25, 0.3) is 0 Å². The predicted molar refractivity (Wildman–Crippen MR) is 74.2 cm³/mol. The van der Waals surface area contributed by atoms with E-state index in [1.54, 1.807) is 48.5 Å². The molecule has 0 heterocycles. The monoisotopic (exact) mass is 341 g/mol. The van der Waals surface area contributed by atoms with Crippen molar-refractivity contribution in [3.63, 3.8) is 0 Å². The van der Waals surface area contributed by atoms with Crippen LogP contribution in [0.3, 0.4) is 0 Å². The maximum Gasteiger partial charge on any atom is 2.00 e. The molecule has 0 saturated heterocycles. The number of hydrogen-bond donors (Lipinski definition) is 0. The predicted octanol–water partition coefficient (Wildman–Crippen LogP) is 4.49. The van der Waals surface area contributed by atoms with Gasteiger partial charge in [0.15, 0.2) is 0 Å². The summed E-state index contributed by atoms with van der Waals surface area (Å²) in [5, 5.41) is 1.47. The summed E-state index contributed by atoms with van der Waals surface area (Å²) in [6.07, 6.45) is 0. The van der Waals surface area contributed by atoms with E-state index in [0.717, 1.165) is 19.8 Å². The van der Waals surface area contributed by atoms with E-state index in [1.165, 1.54) is 0 Å². The molecule has 0 N–H and O–H groups in total. The molecule has 0 aliphatic rings. The Morgan fingerprint density at radius 2 is 0.824 bits per heavy atom. The zero-order chi connectivity index (χ0) is 12.0. The Morgan fingerprint density at radius 3 is 1.00 bits per heavy atom. The van der Waals surface area contributed by atoms with Crippen LogP contribution in [0, 0.1) is 0 Å². The summed E-state index contributed by atoms with van der Waals surface area (Å²) in [5.74, 6) is 0. The fraction of sp³-hybridized carbons (Fsp3) is 0. The number of benzene rings is 2. The topological polar surface area (TPSA) is 0 Å². The quantitative estimate of drug-likeness (QED) is 0.511. The normalized spacial score (nSPS) is 8.59. The van der Waals surface area contributed by atoms with E-state index in [1.807, 2.05) is 0 Å². The van der Waals surface area contributed by atoms with Gasteiger partial charge in [0.2, 0.25) is 0 Å². The summed E-state index contributed by atoms with van der Waals surface area (Å²) in [7, 11) is 0. The van der Waals surface area contributed by atoms with Crippen molar-refractivity contribution in [2.75, 3.05) is 0 Å². The van der Waals surface area contributed by atoms with E-state index in [4.69, 9.17) is 48.5 Å². The van der Waals surface area contributed by atoms with Crippen molar-refractivity contribution in [1.82, 2.24) is 0 Å². The molecular weight excluding hydrogens is 334 g/mol. The van der Waals surface area contributed by atoms with Crippen LogP contribution in [-0.2, 0) is 42.3 Å². The Labute approximate surface area is 133 Å². The largest absolute Gasteiger partial charge is 2.00 e. The Bertz CT molecular complexity index is 344. The van der Waals surface area contributed by atoms with Crippen LogP contribution in [-0.4, -0.2) is 0 Å². The van der Waals surface area contributed by atoms with E-state index in [-0.39, 0.29) is 17.1 Å². The molecule has 0 saturated carbocycles. The first-order chi connectivity index (χ1) is 7.58. The van der Waals surface area contributed by atoms with Crippen LogP contribution < -0.4 is 0 Å². The van der Waals surface area contributed by atoms with Crippen molar-refractivity contribution >= 4 is 48.5 Å². The zero-order valence-electron chi connectivity index (χ0n) is 8.57. The SMILES string of the molecule is [Mn+2].[S-]c1ccc(Cl)cc1.[S-]c1ccc(Cl)cc1. The van der Waals surface area contributed by atoms with Gasteiger partial charge < -0.3 is 25.3 Å². The minimum absolute atomic E-state index is 0.